The zero-order valence-electron chi connectivity index (χ0n) is 25.4. The van der Waals surface area contributed by atoms with Crippen molar-refractivity contribution in [1.82, 2.24) is 14.3 Å². The van der Waals surface area contributed by atoms with Gasteiger partial charge in [-0.1, -0.05) is 12.1 Å². The van der Waals surface area contributed by atoms with E-state index in [-0.39, 0.29) is 53.6 Å². The van der Waals surface area contributed by atoms with Crippen molar-refractivity contribution in [1.29, 1.82) is 0 Å². The van der Waals surface area contributed by atoms with Crippen molar-refractivity contribution in [2.75, 3.05) is 39.9 Å². The average molecular weight is 700 g/mol. The standard InChI is InChI=1S/C31H36F3N3O8S2/c1-35-46(39,40)28-6-2-4-26(16-28)43-21-24(38)19-36-23-18-30(44-20-23)12-14-37(15-13-30)47(41,42)29-7-3-5-27(17-29)45-25-10-8-22(9-11-25)31(32,33)34/h2-11,16-17,23-24,35-36,38H,12-15,18-21H2,1H3/t23?,24-/m0/s1. The molecule has 2 atom stereocenters. The summed E-state index contributed by atoms with van der Waals surface area (Å²) in [5, 5.41) is 13.7. The van der Waals surface area contributed by atoms with Crippen LogP contribution in [0.25, 0.3) is 0 Å². The minimum atomic E-state index is -4.48. The van der Waals surface area contributed by atoms with E-state index in [1.54, 1.807) is 12.1 Å². The van der Waals surface area contributed by atoms with Crippen molar-refractivity contribution in [3.8, 4) is 17.2 Å². The van der Waals surface area contributed by atoms with Crippen LogP contribution in [0.2, 0.25) is 0 Å². The van der Waals surface area contributed by atoms with Crippen molar-refractivity contribution >= 4 is 20.0 Å². The molecule has 3 N–H and O–H groups in total. The summed E-state index contributed by atoms with van der Waals surface area (Å²) in [6.45, 7) is 1.02. The predicted molar refractivity (Wildman–Crippen MR) is 165 cm³/mol. The van der Waals surface area contributed by atoms with Crippen LogP contribution in [0.3, 0.4) is 0 Å². The van der Waals surface area contributed by atoms with Gasteiger partial charge in [0.2, 0.25) is 20.0 Å². The number of aliphatic hydroxyl groups excluding tert-OH is 1. The number of ether oxygens (including phenoxy) is 3. The maximum atomic E-state index is 13.5. The molecular weight excluding hydrogens is 663 g/mol. The van der Waals surface area contributed by atoms with Gasteiger partial charge in [-0.3, -0.25) is 0 Å². The van der Waals surface area contributed by atoms with E-state index < -0.39 is 43.5 Å². The third-order valence-electron chi connectivity index (χ3n) is 8.17. The number of nitrogens with one attached hydrogen (secondary N) is 2. The SMILES string of the molecule is CNS(=O)(=O)c1cccc(OC[C@@H](O)CNC2COC3(CCN(S(=O)(=O)c4cccc(Oc5ccc(C(F)(F)F)cc5)c4)CC3)C2)c1. The van der Waals surface area contributed by atoms with E-state index in [2.05, 4.69) is 10.0 Å². The smallest absolute Gasteiger partial charge is 0.416 e. The zero-order chi connectivity index (χ0) is 33.9. The highest BCUT2D eigenvalue weighted by Crippen LogP contribution is 2.38. The third-order valence-corrected chi connectivity index (χ3v) is 11.5. The second-order valence-electron chi connectivity index (χ2n) is 11.5. The van der Waals surface area contributed by atoms with Crippen LogP contribution in [0.15, 0.2) is 82.6 Å². The Hall–Kier alpha value is -3.25. The monoisotopic (exact) mass is 699 g/mol. The van der Waals surface area contributed by atoms with Gasteiger partial charge >= 0.3 is 6.18 Å². The van der Waals surface area contributed by atoms with Crippen molar-refractivity contribution in [2.45, 2.75) is 53.0 Å². The molecule has 1 spiro atoms. The Morgan fingerprint density at radius 3 is 2.26 bits per heavy atom. The number of benzene rings is 3. The summed E-state index contributed by atoms with van der Waals surface area (Å²) in [6, 6.07) is 15.9. The van der Waals surface area contributed by atoms with E-state index >= 15 is 0 Å². The number of aliphatic hydroxyl groups is 1. The number of hydrogen-bond donors (Lipinski definition) is 3. The van der Waals surface area contributed by atoms with E-state index in [0.717, 1.165) is 12.1 Å². The number of hydrogen-bond acceptors (Lipinski definition) is 9. The second-order valence-corrected chi connectivity index (χ2v) is 15.3. The van der Waals surface area contributed by atoms with Gasteiger partial charge in [-0.05, 0) is 74.8 Å². The lowest BCUT2D eigenvalue weighted by atomic mass is 9.88. The topological polar surface area (TPSA) is 144 Å². The maximum Gasteiger partial charge on any atom is 0.416 e. The lowest BCUT2D eigenvalue weighted by Gasteiger charge is -2.38. The Balaban J connectivity index is 1.09. The molecule has 11 nitrogen and oxygen atoms in total. The molecule has 0 bridgehead atoms. The van der Waals surface area contributed by atoms with E-state index in [4.69, 9.17) is 14.2 Å². The molecule has 3 aromatic carbocycles. The van der Waals surface area contributed by atoms with Crippen molar-refractivity contribution in [2.24, 2.45) is 0 Å². The summed E-state index contributed by atoms with van der Waals surface area (Å²) in [5.41, 5.74) is -1.32. The predicted octanol–water partition coefficient (Wildman–Crippen LogP) is 3.75. The van der Waals surface area contributed by atoms with Crippen LogP contribution in [0.4, 0.5) is 13.2 Å². The van der Waals surface area contributed by atoms with E-state index in [1.165, 1.54) is 59.9 Å². The molecule has 0 radical (unpaired) electrons. The fraction of sp³-hybridized carbons (Fsp3) is 0.419. The van der Waals surface area contributed by atoms with Crippen LogP contribution in [0.1, 0.15) is 24.8 Å². The van der Waals surface area contributed by atoms with Crippen LogP contribution in [-0.2, 0) is 31.0 Å². The van der Waals surface area contributed by atoms with Crippen molar-refractivity contribution in [3.05, 3.63) is 78.4 Å². The highest BCUT2D eigenvalue weighted by atomic mass is 32.2. The minimum absolute atomic E-state index is 0.0105. The normalized spacial score (nSPS) is 19.5. The van der Waals surface area contributed by atoms with Gasteiger partial charge in [0.05, 0.1) is 27.6 Å². The van der Waals surface area contributed by atoms with Crippen LogP contribution >= 0.6 is 0 Å². The summed E-state index contributed by atoms with van der Waals surface area (Å²) in [6.07, 6.45) is -3.76. The lowest BCUT2D eigenvalue weighted by Crippen LogP contribution is -2.47. The fourth-order valence-electron chi connectivity index (χ4n) is 5.56. The quantitative estimate of drug-likeness (QED) is 0.258. The number of piperidine rings is 1. The molecule has 2 heterocycles. The van der Waals surface area contributed by atoms with Crippen LogP contribution in [0.5, 0.6) is 17.2 Å². The molecule has 1 unspecified atom stereocenters. The molecule has 5 rings (SSSR count). The van der Waals surface area contributed by atoms with Crippen molar-refractivity contribution in [3.63, 3.8) is 0 Å². The summed E-state index contributed by atoms with van der Waals surface area (Å²) in [7, 11) is -6.19. The molecule has 2 saturated heterocycles. The first-order valence-corrected chi connectivity index (χ1v) is 17.8. The van der Waals surface area contributed by atoms with Gasteiger partial charge in [-0.15, -0.1) is 0 Å². The molecule has 0 saturated carbocycles. The Labute approximate surface area is 271 Å². The number of nitrogens with zero attached hydrogens (tertiary/aromatic N) is 1. The summed E-state index contributed by atoms with van der Waals surface area (Å²) in [4.78, 5) is 0.0629. The lowest BCUT2D eigenvalue weighted by molar-refractivity contribution is -0.137. The molecule has 256 valence electrons. The number of alkyl halides is 3. The number of sulfonamides is 2. The fourth-order valence-corrected chi connectivity index (χ4v) is 7.80. The summed E-state index contributed by atoms with van der Waals surface area (Å²) in [5.74, 6) is 0.625. The second kappa shape index (κ2) is 14.1. The molecule has 47 heavy (non-hydrogen) atoms. The van der Waals surface area contributed by atoms with Gasteiger partial charge in [0.15, 0.2) is 0 Å². The molecule has 2 aliphatic rings. The maximum absolute atomic E-state index is 13.5. The Bertz CT molecular complexity index is 1750. The van der Waals surface area contributed by atoms with Gasteiger partial charge in [0.1, 0.15) is 30.0 Å². The van der Waals surface area contributed by atoms with Gasteiger partial charge in [-0.25, -0.2) is 21.6 Å². The first-order valence-electron chi connectivity index (χ1n) is 14.9. The van der Waals surface area contributed by atoms with E-state index in [0.29, 0.717) is 31.6 Å². The molecule has 0 amide bonds. The zero-order valence-corrected chi connectivity index (χ0v) is 27.1. The van der Waals surface area contributed by atoms with Gasteiger partial charge in [0, 0.05) is 37.8 Å². The largest absolute Gasteiger partial charge is 0.491 e. The van der Waals surface area contributed by atoms with Crippen molar-refractivity contribution < 1.29 is 49.3 Å². The van der Waals surface area contributed by atoms with Gasteiger partial charge in [0.25, 0.3) is 0 Å². The summed E-state index contributed by atoms with van der Waals surface area (Å²) < 4.78 is 110. The van der Waals surface area contributed by atoms with Crippen LogP contribution < -0.4 is 19.5 Å². The van der Waals surface area contributed by atoms with E-state index in [9.17, 15) is 35.1 Å². The first kappa shape index (κ1) is 35.1. The minimum Gasteiger partial charge on any atom is -0.491 e. The number of rotatable bonds is 12. The molecule has 0 aliphatic carbocycles. The molecule has 3 aromatic rings. The van der Waals surface area contributed by atoms with Gasteiger partial charge < -0.3 is 24.6 Å². The first-order chi connectivity index (χ1) is 22.2. The Morgan fingerprint density at radius 2 is 1.60 bits per heavy atom. The third kappa shape index (κ3) is 8.62. The summed E-state index contributed by atoms with van der Waals surface area (Å²) >= 11 is 0. The Kier molecular flexibility index (Phi) is 10.5. The van der Waals surface area contributed by atoms with Crippen LogP contribution in [0, 0.1) is 0 Å². The highest BCUT2D eigenvalue weighted by Gasteiger charge is 2.44. The van der Waals surface area contributed by atoms with E-state index in [1.807, 2.05) is 0 Å². The Morgan fingerprint density at radius 1 is 0.957 bits per heavy atom. The molecule has 0 aromatic heterocycles. The van der Waals surface area contributed by atoms with Gasteiger partial charge in [-0.2, -0.15) is 17.5 Å². The number of halogens is 3. The van der Waals surface area contributed by atoms with Crippen LogP contribution in [-0.4, -0.2) is 83.9 Å². The molecular formula is C31H36F3N3O8S2. The highest BCUT2D eigenvalue weighted by molar-refractivity contribution is 7.89. The molecule has 2 aliphatic heterocycles. The molecule has 16 heteroatoms. The average Bonchev–Trinajstić information content (AvgIpc) is 3.45. The molecule has 2 fully saturated rings.